The van der Waals surface area contributed by atoms with Crippen molar-refractivity contribution >= 4 is 23.4 Å². The van der Waals surface area contributed by atoms with Gasteiger partial charge in [-0.15, -0.1) is 10.2 Å². The van der Waals surface area contributed by atoms with Crippen molar-refractivity contribution in [2.24, 2.45) is 5.92 Å². The van der Waals surface area contributed by atoms with E-state index in [1.165, 1.54) is 11.8 Å². The van der Waals surface area contributed by atoms with Crippen LogP contribution in [0, 0.1) is 19.8 Å². The van der Waals surface area contributed by atoms with Crippen LogP contribution in [-0.2, 0) is 4.79 Å². The first-order valence-electron chi connectivity index (χ1n) is 7.98. The van der Waals surface area contributed by atoms with E-state index < -0.39 is 0 Å². The molecule has 2 heterocycles. The second-order valence-corrected chi connectivity index (χ2v) is 7.33. The zero-order valence-electron chi connectivity index (χ0n) is 14.5. The molecule has 0 fully saturated rings. The molecule has 0 saturated carbocycles. The Kier molecular flexibility index (Phi) is 5.98. The Hall–Kier alpha value is -1.63. The smallest absolute Gasteiger partial charge is 0.256 e. The summed E-state index contributed by atoms with van der Waals surface area (Å²) in [7, 11) is 0. The molecule has 126 valence electrons. The first kappa shape index (κ1) is 17.7. The highest BCUT2D eigenvalue weighted by Gasteiger charge is 2.13. The summed E-state index contributed by atoms with van der Waals surface area (Å²) in [6.07, 6.45) is 2.12. The van der Waals surface area contributed by atoms with E-state index >= 15 is 0 Å². The highest BCUT2D eigenvalue weighted by atomic mass is 32.2. The quantitative estimate of drug-likeness (QED) is 0.788. The maximum Gasteiger partial charge on any atom is 0.256 e. The number of hydrogen-bond acceptors (Lipinski definition) is 5. The average molecular weight is 335 g/mol. The highest BCUT2D eigenvalue weighted by Crippen LogP contribution is 2.18. The highest BCUT2D eigenvalue weighted by molar-refractivity contribution is 7.99. The molecule has 0 aromatic carbocycles. The first-order chi connectivity index (χ1) is 10.9. The van der Waals surface area contributed by atoms with Crippen LogP contribution in [0.1, 0.15) is 45.0 Å². The van der Waals surface area contributed by atoms with E-state index in [0.29, 0.717) is 22.6 Å². The van der Waals surface area contributed by atoms with Crippen LogP contribution in [-0.4, -0.2) is 37.3 Å². The van der Waals surface area contributed by atoms with Crippen molar-refractivity contribution < 1.29 is 4.79 Å². The van der Waals surface area contributed by atoms with Gasteiger partial charge in [-0.05, 0) is 45.6 Å². The Morgan fingerprint density at radius 1 is 1.26 bits per heavy atom. The minimum Gasteiger partial charge on any atom is -0.353 e. The van der Waals surface area contributed by atoms with E-state index in [4.69, 9.17) is 0 Å². The monoisotopic (exact) mass is 335 g/mol. The summed E-state index contributed by atoms with van der Waals surface area (Å²) in [4.78, 5) is 16.4. The minimum absolute atomic E-state index is 0.0285. The van der Waals surface area contributed by atoms with Crippen LogP contribution in [0.25, 0.3) is 5.78 Å². The predicted molar refractivity (Wildman–Crippen MR) is 92.7 cm³/mol. The summed E-state index contributed by atoms with van der Waals surface area (Å²) < 4.78 is 1.88. The minimum atomic E-state index is 0.0285. The maximum atomic E-state index is 12.1. The Morgan fingerprint density at radius 2 is 2.00 bits per heavy atom. The lowest BCUT2D eigenvalue weighted by Gasteiger charge is -2.14. The molecule has 0 spiro atoms. The van der Waals surface area contributed by atoms with Crippen molar-refractivity contribution in [1.82, 2.24) is 24.9 Å². The lowest BCUT2D eigenvalue weighted by molar-refractivity contribution is -0.119. The zero-order valence-corrected chi connectivity index (χ0v) is 15.3. The molecule has 2 aromatic heterocycles. The van der Waals surface area contributed by atoms with Crippen molar-refractivity contribution in [2.75, 3.05) is 5.75 Å². The number of aryl methyl sites for hydroxylation is 2. The Bertz CT molecular complexity index is 682. The molecule has 2 aromatic rings. The van der Waals surface area contributed by atoms with E-state index in [0.717, 1.165) is 24.2 Å². The molecule has 1 atom stereocenters. The van der Waals surface area contributed by atoms with Crippen LogP contribution in [0.4, 0.5) is 0 Å². The third-order valence-electron chi connectivity index (χ3n) is 3.58. The lowest BCUT2D eigenvalue weighted by Crippen LogP contribution is -2.34. The second kappa shape index (κ2) is 7.77. The van der Waals surface area contributed by atoms with E-state index in [2.05, 4.69) is 34.3 Å². The fraction of sp³-hybridized carbons (Fsp3) is 0.625. The molecular weight excluding hydrogens is 310 g/mol. The topological polar surface area (TPSA) is 72.2 Å². The average Bonchev–Trinajstić information content (AvgIpc) is 2.86. The molecule has 0 aliphatic heterocycles. The first-order valence-corrected chi connectivity index (χ1v) is 8.97. The Morgan fingerprint density at radius 3 is 2.70 bits per heavy atom. The molecular formula is C16H25N5OS. The summed E-state index contributed by atoms with van der Waals surface area (Å²) >= 11 is 1.39. The van der Waals surface area contributed by atoms with Crippen LogP contribution >= 0.6 is 11.8 Å². The molecule has 0 aliphatic rings. The van der Waals surface area contributed by atoms with E-state index in [-0.39, 0.29) is 11.9 Å². The summed E-state index contributed by atoms with van der Waals surface area (Å²) in [5.74, 6) is 1.60. The molecule has 0 aliphatic carbocycles. The maximum absolute atomic E-state index is 12.1. The van der Waals surface area contributed by atoms with Crippen molar-refractivity contribution in [3.63, 3.8) is 0 Å². The number of aromatic nitrogens is 4. The van der Waals surface area contributed by atoms with Gasteiger partial charge in [0.15, 0.2) is 5.16 Å². The molecule has 6 nitrogen and oxygen atoms in total. The third-order valence-corrected chi connectivity index (χ3v) is 4.51. The molecule has 1 amide bonds. The van der Waals surface area contributed by atoms with Gasteiger partial charge < -0.3 is 5.32 Å². The van der Waals surface area contributed by atoms with Gasteiger partial charge in [0.25, 0.3) is 5.78 Å². The molecule has 7 heteroatoms. The number of nitrogens with one attached hydrogen (secondary N) is 1. The number of nitrogens with zero attached hydrogens (tertiary/aromatic N) is 4. The van der Waals surface area contributed by atoms with Gasteiger partial charge in [-0.3, -0.25) is 9.20 Å². The van der Waals surface area contributed by atoms with Crippen LogP contribution in [0.2, 0.25) is 0 Å². The van der Waals surface area contributed by atoms with Crippen molar-refractivity contribution in [3.8, 4) is 0 Å². The largest absolute Gasteiger partial charge is 0.353 e. The second-order valence-electron chi connectivity index (χ2n) is 6.39. The third kappa shape index (κ3) is 4.92. The lowest BCUT2D eigenvalue weighted by atomic mass is 10.0. The number of fused-ring (bicyclic) bond motifs is 1. The zero-order chi connectivity index (χ0) is 17.0. The van der Waals surface area contributed by atoms with Gasteiger partial charge >= 0.3 is 0 Å². The number of rotatable bonds is 7. The number of carbonyl (C=O) groups is 1. The summed E-state index contributed by atoms with van der Waals surface area (Å²) in [6, 6.07) is 2.18. The van der Waals surface area contributed by atoms with Gasteiger partial charge in [-0.2, -0.15) is 0 Å². The Balaban J connectivity index is 1.92. The van der Waals surface area contributed by atoms with Gasteiger partial charge in [0, 0.05) is 17.4 Å². The fourth-order valence-electron chi connectivity index (χ4n) is 2.40. The van der Waals surface area contributed by atoms with E-state index in [1.54, 1.807) is 0 Å². The normalized spacial score (nSPS) is 12.8. The molecule has 0 bridgehead atoms. The van der Waals surface area contributed by atoms with E-state index in [1.807, 2.05) is 31.2 Å². The molecule has 1 N–H and O–H groups in total. The molecule has 2 rings (SSSR count). The van der Waals surface area contributed by atoms with Crippen LogP contribution in [0.3, 0.4) is 0 Å². The van der Waals surface area contributed by atoms with Crippen molar-refractivity contribution in [1.29, 1.82) is 0 Å². The Labute approximate surface area is 141 Å². The number of thioether (sulfide) groups is 1. The summed E-state index contributed by atoms with van der Waals surface area (Å²) in [5, 5.41) is 12.0. The summed E-state index contributed by atoms with van der Waals surface area (Å²) in [5.41, 5.74) is 1.93. The van der Waals surface area contributed by atoms with Gasteiger partial charge in [0.1, 0.15) is 0 Å². The summed E-state index contributed by atoms with van der Waals surface area (Å²) in [6.45, 7) is 10.4. The van der Waals surface area contributed by atoms with Gasteiger partial charge in [-0.1, -0.05) is 25.6 Å². The van der Waals surface area contributed by atoms with Crippen molar-refractivity contribution in [3.05, 3.63) is 17.5 Å². The molecule has 0 radical (unpaired) electrons. The van der Waals surface area contributed by atoms with Crippen LogP contribution < -0.4 is 5.32 Å². The number of amides is 1. The number of hydrogen-bond donors (Lipinski definition) is 1. The molecule has 0 unspecified atom stereocenters. The van der Waals surface area contributed by atoms with Gasteiger partial charge in [-0.25, -0.2) is 4.98 Å². The number of carbonyl (C=O) groups excluding carboxylic acids is 1. The molecule has 0 saturated heterocycles. The van der Waals surface area contributed by atoms with Crippen LogP contribution in [0.5, 0.6) is 0 Å². The van der Waals surface area contributed by atoms with Crippen LogP contribution in [0.15, 0.2) is 11.2 Å². The predicted octanol–water partition coefficient (Wildman–Crippen LogP) is 2.77. The standard InChI is InChI=1S/C16H25N5OS/c1-10(2)6-7-11(3)17-14(22)9-23-16-20-19-15-18-12(4)8-13(5)21(15)16/h8,10-11H,6-7,9H2,1-5H3,(H,17,22)/t11-/m0/s1. The van der Waals surface area contributed by atoms with Gasteiger partial charge in [0.05, 0.1) is 5.75 Å². The molecule has 23 heavy (non-hydrogen) atoms. The van der Waals surface area contributed by atoms with Crippen molar-refractivity contribution in [2.45, 2.75) is 58.7 Å². The SMILES string of the molecule is Cc1cc(C)n2c(SCC(=O)N[C@@H](C)CCC(C)C)nnc2n1. The van der Waals surface area contributed by atoms with Gasteiger partial charge in [0.2, 0.25) is 5.91 Å². The fourth-order valence-corrected chi connectivity index (χ4v) is 3.19. The van der Waals surface area contributed by atoms with E-state index in [9.17, 15) is 4.79 Å².